The Bertz CT molecular complexity index is 133. The first-order valence-electron chi connectivity index (χ1n) is 4.16. The van der Waals surface area contributed by atoms with Crippen molar-refractivity contribution in [3.05, 3.63) is 11.6 Å². The third-order valence-corrected chi connectivity index (χ3v) is 2.71. The summed E-state index contributed by atoms with van der Waals surface area (Å²) in [4.78, 5) is 0. The molecule has 1 fully saturated rings. The molecule has 0 saturated heterocycles. The lowest BCUT2D eigenvalue weighted by Crippen LogP contribution is -2.04. The number of allylic oxidation sites excluding steroid dienone is 2. The van der Waals surface area contributed by atoms with Crippen LogP contribution in [0.15, 0.2) is 11.6 Å². The molecule has 9 heavy (non-hydrogen) atoms. The second-order valence-electron chi connectivity index (χ2n) is 3.30. The molecule has 2 aliphatic carbocycles. The molecule has 0 heterocycles. The van der Waals surface area contributed by atoms with Gasteiger partial charge < -0.3 is 0 Å². The molecule has 1 atom stereocenters. The van der Waals surface area contributed by atoms with Gasteiger partial charge in [0.2, 0.25) is 0 Å². The molecule has 2 aliphatic rings. The first-order valence-corrected chi connectivity index (χ1v) is 4.16. The highest BCUT2D eigenvalue weighted by Gasteiger charge is 2.21. The van der Waals surface area contributed by atoms with Crippen molar-refractivity contribution >= 4 is 0 Å². The van der Waals surface area contributed by atoms with Crippen LogP contribution in [0, 0.1) is 5.92 Å². The summed E-state index contributed by atoms with van der Waals surface area (Å²) >= 11 is 0. The molecule has 0 spiro atoms. The van der Waals surface area contributed by atoms with Crippen molar-refractivity contribution < 1.29 is 0 Å². The molecular formula is C9H14. The van der Waals surface area contributed by atoms with Crippen LogP contribution in [0.25, 0.3) is 0 Å². The summed E-state index contributed by atoms with van der Waals surface area (Å²) in [6.45, 7) is 0. The summed E-state index contributed by atoms with van der Waals surface area (Å²) < 4.78 is 0. The van der Waals surface area contributed by atoms with E-state index in [0.717, 1.165) is 5.92 Å². The van der Waals surface area contributed by atoms with Crippen LogP contribution in [-0.4, -0.2) is 0 Å². The summed E-state index contributed by atoms with van der Waals surface area (Å²) in [6, 6.07) is 0. The summed E-state index contributed by atoms with van der Waals surface area (Å²) in [5.74, 6) is 1.03. The smallest absolute Gasteiger partial charge is 0.0200 e. The standard InChI is InChI=1S/C9H14/c1-2-5-9-7-3-6-8(9)4-1/h6,9H,1-5,7H2. The van der Waals surface area contributed by atoms with Gasteiger partial charge in [-0.25, -0.2) is 0 Å². The van der Waals surface area contributed by atoms with Gasteiger partial charge in [-0.2, -0.15) is 0 Å². The van der Waals surface area contributed by atoms with Crippen molar-refractivity contribution in [1.29, 1.82) is 0 Å². The molecule has 0 bridgehead atoms. The zero-order valence-corrected chi connectivity index (χ0v) is 5.90. The highest BCUT2D eigenvalue weighted by molar-refractivity contribution is 5.14. The van der Waals surface area contributed by atoms with Gasteiger partial charge in [-0.3, -0.25) is 0 Å². The fraction of sp³-hybridized carbons (Fsp3) is 0.778. The van der Waals surface area contributed by atoms with Crippen molar-refractivity contribution in [3.63, 3.8) is 0 Å². The van der Waals surface area contributed by atoms with E-state index in [2.05, 4.69) is 6.08 Å². The van der Waals surface area contributed by atoms with Gasteiger partial charge in [0.05, 0.1) is 0 Å². The second kappa shape index (κ2) is 2.17. The van der Waals surface area contributed by atoms with E-state index in [1.807, 2.05) is 0 Å². The monoisotopic (exact) mass is 122 g/mol. The van der Waals surface area contributed by atoms with E-state index in [9.17, 15) is 0 Å². The SMILES string of the molecule is C1=C2CCCCC2CC1. The highest BCUT2D eigenvalue weighted by atomic mass is 14.3. The van der Waals surface area contributed by atoms with E-state index in [-0.39, 0.29) is 0 Å². The quantitative estimate of drug-likeness (QED) is 0.433. The molecule has 0 N–H and O–H groups in total. The Labute approximate surface area is 57.0 Å². The molecule has 0 amide bonds. The first kappa shape index (κ1) is 5.52. The maximum Gasteiger partial charge on any atom is -0.0200 e. The first-order chi connectivity index (χ1) is 4.47. The molecule has 0 aliphatic heterocycles. The minimum absolute atomic E-state index is 1.03. The Kier molecular flexibility index (Phi) is 1.33. The lowest BCUT2D eigenvalue weighted by molar-refractivity contribution is 0.456. The van der Waals surface area contributed by atoms with Crippen LogP contribution in [-0.2, 0) is 0 Å². The van der Waals surface area contributed by atoms with E-state index in [0.29, 0.717) is 0 Å². The Hall–Kier alpha value is -0.260. The van der Waals surface area contributed by atoms with E-state index >= 15 is 0 Å². The van der Waals surface area contributed by atoms with Crippen molar-refractivity contribution in [2.45, 2.75) is 38.5 Å². The van der Waals surface area contributed by atoms with Crippen LogP contribution in [0.1, 0.15) is 38.5 Å². The zero-order chi connectivity index (χ0) is 6.10. The van der Waals surface area contributed by atoms with Gasteiger partial charge in [-0.05, 0) is 38.0 Å². The lowest BCUT2D eigenvalue weighted by atomic mass is 9.86. The van der Waals surface area contributed by atoms with Crippen LogP contribution in [0.3, 0.4) is 0 Å². The Balaban J connectivity index is 2.09. The van der Waals surface area contributed by atoms with Crippen LogP contribution >= 0.6 is 0 Å². The molecule has 0 aromatic rings. The van der Waals surface area contributed by atoms with Gasteiger partial charge in [0.1, 0.15) is 0 Å². The Morgan fingerprint density at radius 1 is 1.22 bits per heavy atom. The van der Waals surface area contributed by atoms with Gasteiger partial charge in [0, 0.05) is 0 Å². The van der Waals surface area contributed by atoms with E-state index in [1.54, 1.807) is 5.57 Å². The minimum atomic E-state index is 1.03. The van der Waals surface area contributed by atoms with E-state index in [4.69, 9.17) is 0 Å². The van der Waals surface area contributed by atoms with Gasteiger partial charge in [-0.1, -0.05) is 18.1 Å². The Morgan fingerprint density at radius 2 is 2.22 bits per heavy atom. The van der Waals surface area contributed by atoms with Crippen LogP contribution in [0.5, 0.6) is 0 Å². The fourth-order valence-electron chi connectivity index (χ4n) is 2.18. The number of rotatable bonds is 0. The van der Waals surface area contributed by atoms with Gasteiger partial charge in [0.25, 0.3) is 0 Å². The summed E-state index contributed by atoms with van der Waals surface area (Å²) in [7, 11) is 0. The van der Waals surface area contributed by atoms with Crippen molar-refractivity contribution in [2.75, 3.05) is 0 Å². The lowest BCUT2D eigenvalue weighted by Gasteiger charge is -2.19. The molecule has 0 heteroatoms. The second-order valence-corrected chi connectivity index (χ2v) is 3.30. The largest absolute Gasteiger partial charge is 0.0850 e. The Morgan fingerprint density at radius 3 is 3.11 bits per heavy atom. The van der Waals surface area contributed by atoms with Gasteiger partial charge >= 0.3 is 0 Å². The van der Waals surface area contributed by atoms with Crippen LogP contribution < -0.4 is 0 Å². The number of hydrogen-bond acceptors (Lipinski definition) is 0. The molecular weight excluding hydrogens is 108 g/mol. The van der Waals surface area contributed by atoms with Crippen molar-refractivity contribution in [2.24, 2.45) is 5.92 Å². The molecule has 0 aromatic heterocycles. The molecule has 1 unspecified atom stereocenters. The minimum Gasteiger partial charge on any atom is -0.0850 e. The molecule has 1 saturated carbocycles. The molecule has 2 rings (SSSR count). The van der Waals surface area contributed by atoms with E-state index in [1.165, 1.54) is 38.5 Å². The molecule has 50 valence electrons. The molecule has 0 aromatic carbocycles. The molecule has 0 nitrogen and oxygen atoms in total. The predicted octanol–water partition coefficient (Wildman–Crippen LogP) is 2.90. The number of fused-ring (bicyclic) bond motifs is 1. The maximum absolute atomic E-state index is 2.48. The summed E-state index contributed by atoms with van der Waals surface area (Å²) in [5.41, 5.74) is 1.79. The van der Waals surface area contributed by atoms with Crippen molar-refractivity contribution in [3.8, 4) is 0 Å². The topological polar surface area (TPSA) is 0 Å². The summed E-state index contributed by atoms with van der Waals surface area (Å²) in [6.07, 6.45) is 11.2. The third-order valence-electron chi connectivity index (χ3n) is 2.71. The third kappa shape index (κ3) is 0.910. The average Bonchev–Trinajstić information content (AvgIpc) is 2.33. The van der Waals surface area contributed by atoms with Crippen molar-refractivity contribution in [1.82, 2.24) is 0 Å². The molecule has 0 radical (unpaired) electrons. The summed E-state index contributed by atoms with van der Waals surface area (Å²) in [5, 5.41) is 0. The van der Waals surface area contributed by atoms with E-state index < -0.39 is 0 Å². The zero-order valence-electron chi connectivity index (χ0n) is 5.90. The number of hydrogen-bond donors (Lipinski definition) is 0. The predicted molar refractivity (Wildman–Crippen MR) is 39.3 cm³/mol. The van der Waals surface area contributed by atoms with Gasteiger partial charge in [-0.15, -0.1) is 0 Å². The maximum atomic E-state index is 2.48. The van der Waals surface area contributed by atoms with Crippen LogP contribution in [0.2, 0.25) is 0 Å². The highest BCUT2D eigenvalue weighted by Crippen LogP contribution is 2.37. The van der Waals surface area contributed by atoms with Gasteiger partial charge in [0.15, 0.2) is 0 Å². The fourth-order valence-corrected chi connectivity index (χ4v) is 2.18. The van der Waals surface area contributed by atoms with Crippen LogP contribution in [0.4, 0.5) is 0 Å². The normalized spacial score (nSPS) is 33.8. The average molecular weight is 122 g/mol.